The molecule has 3 aromatic carbocycles. The first-order valence-electron chi connectivity index (χ1n) is 13.4. The lowest BCUT2D eigenvalue weighted by Crippen LogP contribution is -2.44. The average molecular weight is 610 g/mol. The zero-order valence-corrected chi connectivity index (χ0v) is 24.1. The number of aromatic nitrogens is 4. The van der Waals surface area contributed by atoms with Gasteiger partial charge in [-0.2, -0.15) is 14.8 Å². The molecule has 0 amide bonds. The van der Waals surface area contributed by atoms with Gasteiger partial charge in [0.25, 0.3) is 5.56 Å². The van der Waals surface area contributed by atoms with Gasteiger partial charge >= 0.3 is 0 Å². The molecule has 0 aliphatic carbocycles. The first-order valence-corrected chi connectivity index (χ1v) is 14.2. The quantitative estimate of drug-likeness (QED) is 0.250. The minimum atomic E-state index is -0.287. The van der Waals surface area contributed by atoms with Crippen molar-refractivity contribution in [2.24, 2.45) is 0 Å². The van der Waals surface area contributed by atoms with Crippen molar-refractivity contribution in [3.63, 3.8) is 0 Å². The normalized spacial score (nSPS) is 13.7. The maximum absolute atomic E-state index is 13.3. The predicted octanol–water partition coefficient (Wildman–Crippen LogP) is 5.75. The van der Waals surface area contributed by atoms with Crippen LogP contribution in [0.1, 0.15) is 0 Å². The topological polar surface area (TPSA) is 82.4 Å². The second-order valence-electron chi connectivity index (χ2n) is 9.77. The highest BCUT2D eigenvalue weighted by Gasteiger charge is 2.19. The number of nitrogens with one attached hydrogen (secondary N) is 1. The molecule has 9 nitrogen and oxygen atoms in total. The Kier molecular flexibility index (Phi) is 7.75. The van der Waals surface area contributed by atoms with Crippen molar-refractivity contribution in [3.8, 4) is 5.69 Å². The Hall–Kier alpha value is -4.54. The summed E-state index contributed by atoms with van der Waals surface area (Å²) in [6.45, 7) is 4.11. The molecule has 41 heavy (non-hydrogen) atoms. The van der Waals surface area contributed by atoms with Crippen LogP contribution in [0.5, 0.6) is 0 Å². The fourth-order valence-electron chi connectivity index (χ4n) is 4.78. The highest BCUT2D eigenvalue weighted by Crippen LogP contribution is 2.35. The highest BCUT2D eigenvalue weighted by molar-refractivity contribution is 9.10. The van der Waals surface area contributed by atoms with Crippen LogP contribution in [0, 0.1) is 0 Å². The molecular formula is C31H29BrN8O. The van der Waals surface area contributed by atoms with Crippen molar-refractivity contribution in [2.75, 3.05) is 48.3 Å². The molecule has 206 valence electrons. The molecule has 0 bridgehead atoms. The van der Waals surface area contributed by atoms with Crippen LogP contribution in [0.25, 0.3) is 5.69 Å². The van der Waals surface area contributed by atoms with E-state index in [0.29, 0.717) is 27.6 Å². The van der Waals surface area contributed by atoms with E-state index in [4.69, 9.17) is 4.98 Å². The van der Waals surface area contributed by atoms with Gasteiger partial charge in [-0.05, 0) is 77.6 Å². The lowest BCUT2D eigenvalue weighted by molar-refractivity contribution is 0.313. The van der Waals surface area contributed by atoms with Crippen LogP contribution in [0.4, 0.5) is 34.5 Å². The van der Waals surface area contributed by atoms with E-state index in [0.717, 1.165) is 37.6 Å². The fourth-order valence-corrected chi connectivity index (χ4v) is 5.07. The third-order valence-electron chi connectivity index (χ3n) is 7.02. The van der Waals surface area contributed by atoms with E-state index in [-0.39, 0.29) is 5.56 Å². The lowest BCUT2D eigenvalue weighted by Gasteiger charge is -2.34. The average Bonchev–Trinajstić information content (AvgIpc) is 3.02. The summed E-state index contributed by atoms with van der Waals surface area (Å²) in [7, 11) is 2.16. The Morgan fingerprint density at radius 3 is 2.17 bits per heavy atom. The van der Waals surface area contributed by atoms with Gasteiger partial charge in [-0.15, -0.1) is 0 Å². The molecule has 6 rings (SSSR count). The van der Waals surface area contributed by atoms with Crippen LogP contribution >= 0.6 is 15.9 Å². The molecule has 3 heterocycles. The summed E-state index contributed by atoms with van der Waals surface area (Å²) >= 11 is 3.56. The summed E-state index contributed by atoms with van der Waals surface area (Å²) in [5.41, 5.74) is 3.78. The van der Waals surface area contributed by atoms with E-state index in [1.165, 1.54) is 10.4 Å². The second-order valence-corrected chi connectivity index (χ2v) is 10.6. The van der Waals surface area contributed by atoms with Crippen LogP contribution < -0.4 is 20.7 Å². The molecule has 1 aliphatic rings. The molecule has 0 spiro atoms. The van der Waals surface area contributed by atoms with Crippen LogP contribution in [-0.2, 0) is 0 Å². The maximum atomic E-state index is 13.3. The summed E-state index contributed by atoms with van der Waals surface area (Å²) in [5, 5.41) is 7.44. The zero-order chi connectivity index (χ0) is 28.2. The van der Waals surface area contributed by atoms with E-state index >= 15 is 0 Å². The number of hydrogen-bond donors (Lipinski definition) is 1. The second kappa shape index (κ2) is 11.9. The van der Waals surface area contributed by atoms with Crippen LogP contribution in [-0.4, -0.2) is 57.9 Å². The van der Waals surface area contributed by atoms with Gasteiger partial charge in [0.1, 0.15) is 5.69 Å². The minimum Gasteiger partial charge on any atom is -0.369 e. The molecule has 0 unspecified atom stereocenters. The number of likely N-dealkylation sites (N-methyl/N-ethyl adjacent to an activating group) is 1. The molecule has 1 aliphatic heterocycles. The van der Waals surface area contributed by atoms with E-state index < -0.39 is 0 Å². The van der Waals surface area contributed by atoms with Crippen molar-refractivity contribution in [1.82, 2.24) is 24.6 Å². The van der Waals surface area contributed by atoms with Gasteiger partial charge in [0.05, 0.1) is 16.4 Å². The Balaban J connectivity index is 1.34. The Labute approximate surface area is 246 Å². The summed E-state index contributed by atoms with van der Waals surface area (Å²) < 4.78 is 1.98. The number of anilines is 6. The van der Waals surface area contributed by atoms with E-state index in [9.17, 15) is 4.79 Å². The Morgan fingerprint density at radius 2 is 1.46 bits per heavy atom. The number of hydrogen-bond acceptors (Lipinski definition) is 8. The highest BCUT2D eigenvalue weighted by atomic mass is 79.9. The van der Waals surface area contributed by atoms with Gasteiger partial charge in [0.2, 0.25) is 5.95 Å². The van der Waals surface area contributed by atoms with Crippen molar-refractivity contribution in [3.05, 3.63) is 118 Å². The maximum Gasteiger partial charge on any atom is 0.295 e. The van der Waals surface area contributed by atoms with Gasteiger partial charge in [-0.3, -0.25) is 9.69 Å². The van der Waals surface area contributed by atoms with E-state index in [1.807, 2.05) is 65.6 Å². The molecule has 10 heteroatoms. The molecule has 2 aromatic heterocycles. The van der Waals surface area contributed by atoms with Crippen LogP contribution in [0.3, 0.4) is 0 Å². The molecule has 0 atom stereocenters. The third-order valence-corrected chi connectivity index (χ3v) is 7.60. The number of para-hydroxylation sites is 2. The molecule has 0 radical (unpaired) electrons. The van der Waals surface area contributed by atoms with Gasteiger partial charge in [-0.25, -0.2) is 4.98 Å². The summed E-state index contributed by atoms with van der Waals surface area (Å²) in [6, 6.07) is 29.4. The van der Waals surface area contributed by atoms with Crippen molar-refractivity contribution < 1.29 is 0 Å². The number of rotatable bonds is 7. The Bertz CT molecular complexity index is 1670. The van der Waals surface area contributed by atoms with Crippen molar-refractivity contribution >= 4 is 50.4 Å². The zero-order valence-electron chi connectivity index (χ0n) is 22.6. The van der Waals surface area contributed by atoms with Crippen LogP contribution in [0.2, 0.25) is 0 Å². The molecule has 5 aromatic rings. The summed E-state index contributed by atoms with van der Waals surface area (Å²) in [6.07, 6.45) is 3.28. The minimum absolute atomic E-state index is 0.287. The Morgan fingerprint density at radius 1 is 0.805 bits per heavy atom. The van der Waals surface area contributed by atoms with Gasteiger partial charge in [-0.1, -0.05) is 36.4 Å². The first kappa shape index (κ1) is 26.7. The van der Waals surface area contributed by atoms with Crippen LogP contribution in [0.15, 0.2) is 113 Å². The first-order chi connectivity index (χ1) is 20.1. The SMILES string of the molecule is CN1CCN(c2ccc(N(c3ccccc3)c3ncc(Br)c(Nc4ccnn(-c5ccccc5)c4=O)n3)cc2)CC1. The predicted molar refractivity (Wildman–Crippen MR) is 167 cm³/mol. The van der Waals surface area contributed by atoms with Crippen molar-refractivity contribution in [1.29, 1.82) is 0 Å². The number of piperazine rings is 1. The van der Waals surface area contributed by atoms with Gasteiger partial charge in [0, 0.05) is 49.4 Å². The van der Waals surface area contributed by atoms with Crippen molar-refractivity contribution in [2.45, 2.75) is 0 Å². The van der Waals surface area contributed by atoms with E-state index in [1.54, 1.807) is 18.5 Å². The number of halogens is 1. The smallest absolute Gasteiger partial charge is 0.295 e. The standard InChI is InChI=1S/C31H29BrN8O/c1-37-18-20-38(21-19-37)23-12-14-25(15-13-23)39(24-8-4-2-5-9-24)31-33-22-27(32)29(36-31)35-28-16-17-34-40(30(28)41)26-10-6-3-7-11-26/h2-17,22H,18-21H2,1H3,(H,33,35,36). The molecule has 1 N–H and O–H groups in total. The largest absolute Gasteiger partial charge is 0.369 e. The molecule has 0 saturated carbocycles. The summed E-state index contributed by atoms with van der Waals surface area (Å²) in [4.78, 5) is 29.6. The monoisotopic (exact) mass is 608 g/mol. The lowest BCUT2D eigenvalue weighted by atomic mass is 10.2. The van der Waals surface area contributed by atoms with E-state index in [2.05, 4.69) is 72.4 Å². The van der Waals surface area contributed by atoms with Gasteiger partial charge < -0.3 is 15.1 Å². The van der Waals surface area contributed by atoms with Gasteiger partial charge in [0.15, 0.2) is 5.82 Å². The number of benzene rings is 3. The molecule has 1 saturated heterocycles. The number of nitrogens with zero attached hydrogens (tertiary/aromatic N) is 7. The molecular weight excluding hydrogens is 580 g/mol. The summed E-state index contributed by atoms with van der Waals surface area (Å²) in [5.74, 6) is 0.930. The fraction of sp³-hybridized carbons (Fsp3) is 0.161. The molecule has 1 fully saturated rings. The third kappa shape index (κ3) is 5.84.